The fraction of sp³-hybridized carbons (Fsp3) is 0.400. The SMILES string of the molecule is CC(C)(O)c1cc(CO)ccc1F. The van der Waals surface area contributed by atoms with Crippen molar-refractivity contribution in [3.05, 3.63) is 35.1 Å². The quantitative estimate of drug-likeness (QED) is 0.732. The molecule has 72 valence electrons. The summed E-state index contributed by atoms with van der Waals surface area (Å²) in [5, 5.41) is 18.4. The van der Waals surface area contributed by atoms with Gasteiger partial charge in [0.25, 0.3) is 0 Å². The summed E-state index contributed by atoms with van der Waals surface area (Å²) in [4.78, 5) is 0. The summed E-state index contributed by atoms with van der Waals surface area (Å²) in [6, 6.07) is 4.21. The highest BCUT2D eigenvalue weighted by Crippen LogP contribution is 2.23. The molecule has 0 spiro atoms. The minimum atomic E-state index is -1.21. The summed E-state index contributed by atoms with van der Waals surface area (Å²) >= 11 is 0. The number of halogens is 1. The molecule has 3 heteroatoms. The lowest BCUT2D eigenvalue weighted by Crippen LogP contribution is -2.17. The molecule has 0 aliphatic heterocycles. The predicted molar refractivity (Wildman–Crippen MR) is 47.6 cm³/mol. The highest BCUT2D eigenvalue weighted by Gasteiger charge is 2.20. The van der Waals surface area contributed by atoms with E-state index in [0.717, 1.165) is 0 Å². The van der Waals surface area contributed by atoms with Crippen molar-refractivity contribution in [2.24, 2.45) is 0 Å². The normalized spacial score (nSPS) is 11.8. The van der Waals surface area contributed by atoms with Crippen molar-refractivity contribution in [2.75, 3.05) is 0 Å². The van der Waals surface area contributed by atoms with Crippen LogP contribution in [0.2, 0.25) is 0 Å². The number of hydrogen-bond acceptors (Lipinski definition) is 2. The van der Waals surface area contributed by atoms with Crippen molar-refractivity contribution >= 4 is 0 Å². The van der Waals surface area contributed by atoms with Crippen LogP contribution in [0, 0.1) is 5.82 Å². The smallest absolute Gasteiger partial charge is 0.129 e. The van der Waals surface area contributed by atoms with E-state index >= 15 is 0 Å². The summed E-state index contributed by atoms with van der Waals surface area (Å²) < 4.78 is 13.2. The molecular weight excluding hydrogens is 171 g/mol. The maximum absolute atomic E-state index is 13.2. The van der Waals surface area contributed by atoms with E-state index in [4.69, 9.17) is 5.11 Å². The van der Waals surface area contributed by atoms with Gasteiger partial charge in [0.2, 0.25) is 0 Å². The molecule has 0 aliphatic carbocycles. The lowest BCUT2D eigenvalue weighted by atomic mass is 9.96. The molecule has 0 saturated heterocycles. The van der Waals surface area contributed by atoms with Crippen LogP contribution >= 0.6 is 0 Å². The van der Waals surface area contributed by atoms with Crippen LogP contribution < -0.4 is 0 Å². The van der Waals surface area contributed by atoms with Gasteiger partial charge in [0.05, 0.1) is 12.2 Å². The molecule has 2 nitrogen and oxygen atoms in total. The Labute approximate surface area is 76.6 Å². The van der Waals surface area contributed by atoms with Crippen LogP contribution in [-0.2, 0) is 12.2 Å². The summed E-state index contributed by atoms with van der Waals surface area (Å²) in [5.74, 6) is -0.454. The zero-order chi connectivity index (χ0) is 10.1. The molecule has 0 saturated carbocycles. The van der Waals surface area contributed by atoms with Crippen molar-refractivity contribution in [2.45, 2.75) is 26.1 Å². The minimum Gasteiger partial charge on any atom is -0.392 e. The van der Waals surface area contributed by atoms with Crippen molar-refractivity contribution in [3.8, 4) is 0 Å². The molecule has 0 aromatic heterocycles. The van der Waals surface area contributed by atoms with Crippen LogP contribution in [0.4, 0.5) is 4.39 Å². The molecule has 13 heavy (non-hydrogen) atoms. The van der Waals surface area contributed by atoms with E-state index in [0.29, 0.717) is 5.56 Å². The number of rotatable bonds is 2. The molecule has 0 radical (unpaired) electrons. The number of aliphatic hydroxyl groups excluding tert-OH is 1. The van der Waals surface area contributed by atoms with Gasteiger partial charge in [-0.25, -0.2) is 4.39 Å². The second-order valence-corrected chi connectivity index (χ2v) is 3.53. The Hall–Kier alpha value is -0.930. The van der Waals surface area contributed by atoms with Crippen LogP contribution in [0.3, 0.4) is 0 Å². The molecule has 2 N–H and O–H groups in total. The van der Waals surface area contributed by atoms with E-state index in [1.807, 2.05) is 0 Å². The zero-order valence-electron chi connectivity index (χ0n) is 7.71. The Kier molecular flexibility index (Phi) is 2.68. The fourth-order valence-electron chi connectivity index (χ4n) is 1.14. The molecule has 0 fully saturated rings. The summed E-state index contributed by atoms with van der Waals surface area (Å²) in [5.41, 5.74) is -0.410. The van der Waals surface area contributed by atoms with Crippen LogP contribution in [0.1, 0.15) is 25.0 Å². The molecular formula is C10H13FO2. The molecule has 1 aromatic rings. The molecule has 1 aromatic carbocycles. The Morgan fingerprint density at radius 1 is 1.38 bits per heavy atom. The van der Waals surface area contributed by atoms with Gasteiger partial charge in [-0.1, -0.05) is 6.07 Å². The average molecular weight is 184 g/mol. The minimum absolute atomic E-state index is 0.149. The third-order valence-electron chi connectivity index (χ3n) is 1.87. The van der Waals surface area contributed by atoms with E-state index in [-0.39, 0.29) is 12.2 Å². The maximum atomic E-state index is 13.2. The fourth-order valence-corrected chi connectivity index (χ4v) is 1.14. The molecule has 1 rings (SSSR count). The first-order chi connectivity index (χ1) is 5.95. The second-order valence-electron chi connectivity index (χ2n) is 3.53. The summed E-state index contributed by atoms with van der Waals surface area (Å²) in [6.45, 7) is 2.86. The van der Waals surface area contributed by atoms with Gasteiger partial charge in [-0.15, -0.1) is 0 Å². The van der Waals surface area contributed by atoms with Gasteiger partial charge in [0, 0.05) is 5.56 Å². The maximum Gasteiger partial charge on any atom is 0.129 e. The molecule has 0 bridgehead atoms. The van der Waals surface area contributed by atoms with Gasteiger partial charge >= 0.3 is 0 Å². The largest absolute Gasteiger partial charge is 0.392 e. The second kappa shape index (κ2) is 3.44. The Morgan fingerprint density at radius 2 is 2.00 bits per heavy atom. The first-order valence-corrected chi connectivity index (χ1v) is 4.07. The van der Waals surface area contributed by atoms with Gasteiger partial charge < -0.3 is 10.2 Å². The standard InChI is InChI=1S/C10H13FO2/c1-10(2,13)8-5-7(6-12)3-4-9(8)11/h3-5,12-13H,6H2,1-2H3. The highest BCUT2D eigenvalue weighted by atomic mass is 19.1. The third-order valence-corrected chi connectivity index (χ3v) is 1.87. The summed E-state index contributed by atoms with van der Waals surface area (Å²) in [7, 11) is 0. The monoisotopic (exact) mass is 184 g/mol. The van der Waals surface area contributed by atoms with E-state index in [2.05, 4.69) is 0 Å². The molecule has 0 amide bonds. The molecule has 0 heterocycles. The molecule has 0 atom stereocenters. The topological polar surface area (TPSA) is 40.5 Å². The van der Waals surface area contributed by atoms with Gasteiger partial charge in [0.1, 0.15) is 5.82 Å². The first-order valence-electron chi connectivity index (χ1n) is 4.07. The first kappa shape index (κ1) is 10.2. The Morgan fingerprint density at radius 3 is 2.46 bits per heavy atom. The van der Waals surface area contributed by atoms with Crippen LogP contribution in [0.25, 0.3) is 0 Å². The van der Waals surface area contributed by atoms with Crippen LogP contribution in [0.5, 0.6) is 0 Å². The molecule has 0 aliphatic rings. The lowest BCUT2D eigenvalue weighted by Gasteiger charge is -2.19. The zero-order valence-corrected chi connectivity index (χ0v) is 7.71. The Bertz CT molecular complexity index is 302. The Balaban J connectivity index is 3.19. The van der Waals surface area contributed by atoms with E-state index in [9.17, 15) is 9.50 Å². The van der Waals surface area contributed by atoms with Crippen molar-refractivity contribution in [1.29, 1.82) is 0 Å². The van der Waals surface area contributed by atoms with Gasteiger partial charge in [0.15, 0.2) is 0 Å². The number of aliphatic hydroxyl groups is 2. The van der Waals surface area contributed by atoms with Crippen molar-refractivity contribution in [1.82, 2.24) is 0 Å². The van der Waals surface area contributed by atoms with Gasteiger partial charge in [-0.2, -0.15) is 0 Å². The van der Waals surface area contributed by atoms with Crippen LogP contribution in [0.15, 0.2) is 18.2 Å². The average Bonchev–Trinajstić information content (AvgIpc) is 2.03. The third kappa shape index (κ3) is 2.26. The van der Waals surface area contributed by atoms with Crippen molar-refractivity contribution < 1.29 is 14.6 Å². The van der Waals surface area contributed by atoms with Crippen molar-refractivity contribution in [3.63, 3.8) is 0 Å². The predicted octanol–water partition coefficient (Wildman–Crippen LogP) is 1.55. The van der Waals surface area contributed by atoms with E-state index < -0.39 is 11.4 Å². The van der Waals surface area contributed by atoms with Gasteiger partial charge in [-0.05, 0) is 31.5 Å². The number of hydrogen-bond donors (Lipinski definition) is 2. The highest BCUT2D eigenvalue weighted by molar-refractivity contribution is 5.28. The lowest BCUT2D eigenvalue weighted by molar-refractivity contribution is 0.0743. The van der Waals surface area contributed by atoms with E-state index in [1.165, 1.54) is 32.0 Å². The number of benzene rings is 1. The van der Waals surface area contributed by atoms with Crippen LogP contribution in [-0.4, -0.2) is 10.2 Å². The summed E-state index contributed by atoms with van der Waals surface area (Å²) in [6.07, 6.45) is 0. The molecule has 0 unspecified atom stereocenters. The van der Waals surface area contributed by atoms with E-state index in [1.54, 1.807) is 0 Å². The van der Waals surface area contributed by atoms with Gasteiger partial charge in [-0.3, -0.25) is 0 Å².